The van der Waals surface area contributed by atoms with Crippen LogP contribution in [0, 0.1) is 35.0 Å². The Morgan fingerprint density at radius 2 is 1.84 bits per heavy atom. The third-order valence-electron chi connectivity index (χ3n) is 11.0. The van der Waals surface area contributed by atoms with Crippen LogP contribution in [0.5, 0.6) is 0 Å². The van der Waals surface area contributed by atoms with Crippen molar-refractivity contribution in [3.8, 4) is 0 Å². The highest BCUT2D eigenvalue weighted by atomic mass is 16.7. The van der Waals surface area contributed by atoms with Crippen LogP contribution < -0.4 is 0 Å². The second kappa shape index (κ2) is 11.6. The molecule has 4 rings (SSSR count). The van der Waals surface area contributed by atoms with Crippen molar-refractivity contribution in [2.75, 3.05) is 6.61 Å². The Morgan fingerprint density at radius 3 is 2.55 bits per heavy atom. The van der Waals surface area contributed by atoms with Crippen molar-refractivity contribution in [2.45, 2.75) is 130 Å². The van der Waals surface area contributed by atoms with Crippen LogP contribution in [0.3, 0.4) is 0 Å². The van der Waals surface area contributed by atoms with Gasteiger partial charge in [0.2, 0.25) is 0 Å². The lowest BCUT2D eigenvalue weighted by molar-refractivity contribution is -0.318. The lowest BCUT2D eigenvalue weighted by Crippen LogP contribution is -2.56. The zero-order chi connectivity index (χ0) is 27.7. The summed E-state index contributed by atoms with van der Waals surface area (Å²) in [6.45, 7) is 18.3. The summed E-state index contributed by atoms with van der Waals surface area (Å²) < 4.78 is 11.7. The molecule has 1 unspecified atom stereocenters. The molecule has 3 aliphatic carbocycles. The SMILES string of the molecule is C=C1CC[C@H]([C@@]2(C)CCOC(C)(C(=O)O)O2)C/C1=C/C=C1\CCC[C@]2(C)[C@@H]([C@H](C)CCCC(C)C)CC[C@@H]12. The predicted molar refractivity (Wildman–Crippen MR) is 155 cm³/mol. The van der Waals surface area contributed by atoms with E-state index in [0.717, 1.165) is 43.4 Å². The van der Waals surface area contributed by atoms with E-state index in [0.29, 0.717) is 17.9 Å². The number of carbonyl (C=O) groups is 1. The second-order valence-electron chi connectivity index (χ2n) is 14.1. The van der Waals surface area contributed by atoms with Crippen molar-refractivity contribution < 1.29 is 19.4 Å². The lowest BCUT2D eigenvalue weighted by atomic mass is 9.60. The van der Waals surface area contributed by atoms with Crippen molar-refractivity contribution in [3.63, 3.8) is 0 Å². The summed E-state index contributed by atoms with van der Waals surface area (Å²) in [4.78, 5) is 11.8. The Labute approximate surface area is 232 Å². The molecule has 4 aliphatic rings. The van der Waals surface area contributed by atoms with E-state index in [4.69, 9.17) is 9.47 Å². The van der Waals surface area contributed by atoms with Crippen LogP contribution in [0.25, 0.3) is 0 Å². The van der Waals surface area contributed by atoms with Crippen molar-refractivity contribution >= 4 is 5.97 Å². The highest BCUT2D eigenvalue weighted by Gasteiger charge is 2.51. The van der Waals surface area contributed by atoms with Gasteiger partial charge in [0.15, 0.2) is 0 Å². The molecule has 0 radical (unpaired) electrons. The minimum atomic E-state index is -1.56. The maximum atomic E-state index is 11.8. The molecule has 1 heterocycles. The van der Waals surface area contributed by atoms with E-state index in [1.54, 1.807) is 5.57 Å². The standard InChI is InChI=1S/C34H54O4/c1-23(2)10-8-11-25(4)29-17-18-30-26(12-9-19-32(29,30)5)14-15-27-22-28(16-13-24(27)3)33(6)20-21-37-34(7,38-33)31(35)36/h14-15,23,25,28-30H,3,8-13,16-22H2,1-2,4-7H3,(H,35,36)/b26-14+,27-15-/t25-,28+,29-,30+,32-,33-,34?/m1/s1. The zero-order valence-corrected chi connectivity index (χ0v) is 25.1. The quantitative estimate of drug-likeness (QED) is 0.343. The third-order valence-corrected chi connectivity index (χ3v) is 11.0. The molecule has 38 heavy (non-hydrogen) atoms. The van der Waals surface area contributed by atoms with E-state index in [1.807, 2.05) is 0 Å². The number of rotatable bonds is 8. The van der Waals surface area contributed by atoms with Crippen LogP contribution in [0.15, 0.2) is 35.5 Å². The van der Waals surface area contributed by atoms with Gasteiger partial charge >= 0.3 is 5.97 Å². The van der Waals surface area contributed by atoms with E-state index in [2.05, 4.69) is 53.3 Å². The lowest BCUT2D eigenvalue weighted by Gasteiger charge is -2.48. The van der Waals surface area contributed by atoms with E-state index in [1.165, 1.54) is 69.4 Å². The van der Waals surface area contributed by atoms with E-state index < -0.39 is 17.4 Å². The normalized spacial score (nSPS) is 41.0. The summed E-state index contributed by atoms with van der Waals surface area (Å²) in [6, 6.07) is 0. The summed E-state index contributed by atoms with van der Waals surface area (Å²) in [5.74, 6) is 0.836. The van der Waals surface area contributed by atoms with Crippen molar-refractivity contribution in [1.82, 2.24) is 0 Å². The molecule has 1 saturated heterocycles. The van der Waals surface area contributed by atoms with Gasteiger partial charge in [-0.25, -0.2) is 4.79 Å². The third kappa shape index (κ3) is 6.02. The van der Waals surface area contributed by atoms with Crippen LogP contribution in [0.1, 0.15) is 119 Å². The Balaban J connectivity index is 1.47. The van der Waals surface area contributed by atoms with Crippen molar-refractivity contribution in [2.24, 2.45) is 35.0 Å². The molecule has 1 aliphatic heterocycles. The van der Waals surface area contributed by atoms with Gasteiger partial charge in [0, 0.05) is 13.3 Å². The smallest absolute Gasteiger partial charge is 0.364 e. The molecular weight excluding hydrogens is 472 g/mol. The molecule has 4 heteroatoms. The number of carboxylic acids is 1. The molecule has 0 bridgehead atoms. The molecule has 7 atom stereocenters. The first-order valence-corrected chi connectivity index (χ1v) is 15.5. The number of fused-ring (bicyclic) bond motifs is 1. The van der Waals surface area contributed by atoms with Crippen LogP contribution >= 0.6 is 0 Å². The van der Waals surface area contributed by atoms with Gasteiger partial charge < -0.3 is 14.6 Å². The minimum absolute atomic E-state index is 0.263. The summed E-state index contributed by atoms with van der Waals surface area (Å²) in [5.41, 5.74) is 4.15. The van der Waals surface area contributed by atoms with E-state index in [-0.39, 0.29) is 5.92 Å². The highest BCUT2D eigenvalue weighted by Crippen LogP contribution is 2.60. The maximum absolute atomic E-state index is 11.8. The molecule has 0 amide bonds. The molecule has 4 fully saturated rings. The van der Waals surface area contributed by atoms with Gasteiger partial charge in [-0.15, -0.1) is 0 Å². The van der Waals surface area contributed by atoms with Gasteiger partial charge in [0.05, 0.1) is 12.2 Å². The monoisotopic (exact) mass is 526 g/mol. The fourth-order valence-corrected chi connectivity index (χ4v) is 8.57. The minimum Gasteiger partial charge on any atom is -0.477 e. The Kier molecular flexibility index (Phi) is 9.04. The zero-order valence-electron chi connectivity index (χ0n) is 25.1. The average Bonchev–Trinajstić information content (AvgIpc) is 3.20. The van der Waals surface area contributed by atoms with Crippen molar-refractivity contribution in [3.05, 3.63) is 35.5 Å². The molecule has 4 nitrogen and oxygen atoms in total. The van der Waals surface area contributed by atoms with Gasteiger partial charge in [-0.1, -0.05) is 76.8 Å². The molecule has 0 aromatic carbocycles. The first-order chi connectivity index (χ1) is 17.9. The molecular formula is C34H54O4. The number of allylic oxidation sites excluding steroid dienone is 5. The summed E-state index contributed by atoms with van der Waals surface area (Å²) in [6.07, 6.45) is 19.1. The number of aliphatic carboxylic acids is 1. The van der Waals surface area contributed by atoms with Crippen LogP contribution in [0.2, 0.25) is 0 Å². The Hall–Kier alpha value is -1.39. The average molecular weight is 527 g/mol. The van der Waals surface area contributed by atoms with Crippen LogP contribution in [-0.4, -0.2) is 29.1 Å². The van der Waals surface area contributed by atoms with Gasteiger partial charge in [-0.05, 0) is 98.9 Å². The molecule has 1 N–H and O–H groups in total. The topological polar surface area (TPSA) is 55.8 Å². The largest absolute Gasteiger partial charge is 0.477 e. The molecule has 0 aromatic heterocycles. The predicted octanol–water partition coefficient (Wildman–Crippen LogP) is 8.87. The fourth-order valence-electron chi connectivity index (χ4n) is 8.57. The highest BCUT2D eigenvalue weighted by molar-refractivity contribution is 5.75. The molecule has 0 spiro atoms. The Bertz CT molecular complexity index is 946. The summed E-state index contributed by atoms with van der Waals surface area (Å²) in [5, 5.41) is 9.68. The molecule has 3 saturated carbocycles. The first kappa shape index (κ1) is 29.6. The van der Waals surface area contributed by atoms with E-state index >= 15 is 0 Å². The number of ether oxygens (including phenoxy) is 2. The van der Waals surface area contributed by atoms with E-state index in [9.17, 15) is 9.90 Å². The fraction of sp³-hybridized carbons (Fsp3) is 0.794. The van der Waals surface area contributed by atoms with Gasteiger partial charge in [-0.3, -0.25) is 0 Å². The Morgan fingerprint density at radius 1 is 1.08 bits per heavy atom. The number of carboxylic acid groups (broad SMARTS) is 1. The van der Waals surface area contributed by atoms with Gasteiger partial charge in [-0.2, -0.15) is 0 Å². The summed E-state index contributed by atoms with van der Waals surface area (Å²) in [7, 11) is 0. The number of hydrogen-bond acceptors (Lipinski definition) is 3. The van der Waals surface area contributed by atoms with Crippen LogP contribution in [0.4, 0.5) is 0 Å². The first-order valence-electron chi connectivity index (χ1n) is 15.5. The molecule has 214 valence electrons. The number of hydrogen-bond donors (Lipinski definition) is 1. The van der Waals surface area contributed by atoms with Crippen molar-refractivity contribution in [1.29, 1.82) is 0 Å². The second-order valence-corrected chi connectivity index (χ2v) is 14.1. The van der Waals surface area contributed by atoms with Crippen LogP contribution in [-0.2, 0) is 14.3 Å². The maximum Gasteiger partial charge on any atom is 0.364 e. The summed E-state index contributed by atoms with van der Waals surface area (Å²) >= 11 is 0. The van der Waals surface area contributed by atoms with Gasteiger partial charge in [0.25, 0.3) is 5.79 Å². The van der Waals surface area contributed by atoms with Gasteiger partial charge in [0.1, 0.15) is 0 Å². The molecule has 0 aromatic rings.